The molecule has 7 heteroatoms. The number of anilines is 3. The van der Waals surface area contributed by atoms with Crippen molar-refractivity contribution >= 4 is 69.2 Å². The highest BCUT2D eigenvalue weighted by Gasteiger charge is 2.29. The van der Waals surface area contributed by atoms with Gasteiger partial charge in [-0.25, -0.2) is 0 Å². The summed E-state index contributed by atoms with van der Waals surface area (Å²) < 4.78 is 0. The highest BCUT2D eigenvalue weighted by atomic mass is 35.5. The molecule has 0 spiro atoms. The van der Waals surface area contributed by atoms with Crippen LogP contribution in [0.15, 0.2) is 72.8 Å². The van der Waals surface area contributed by atoms with E-state index in [-0.39, 0.29) is 0 Å². The van der Waals surface area contributed by atoms with Crippen molar-refractivity contribution in [2.75, 3.05) is 28.0 Å². The second-order valence-corrected chi connectivity index (χ2v) is 8.07. The Morgan fingerprint density at radius 2 is 0.857 bits per heavy atom. The van der Waals surface area contributed by atoms with Crippen LogP contribution in [0.3, 0.4) is 0 Å². The van der Waals surface area contributed by atoms with Crippen molar-refractivity contribution < 1.29 is 0 Å². The van der Waals surface area contributed by atoms with Gasteiger partial charge >= 0.3 is 0 Å². The van der Waals surface area contributed by atoms with E-state index < -0.39 is 0 Å². The maximum atomic E-state index is 6.07. The summed E-state index contributed by atoms with van der Waals surface area (Å²) in [5, 5.41) is 2.81. The predicted octanol–water partition coefficient (Wildman–Crippen LogP) is 6.68. The second kappa shape index (κ2) is 8.18. The summed E-state index contributed by atoms with van der Waals surface area (Å²) >= 11 is 24.0. The van der Waals surface area contributed by atoms with Gasteiger partial charge in [0.15, 0.2) is 5.11 Å². The maximum Gasteiger partial charge on any atom is 0.183 e. The van der Waals surface area contributed by atoms with Gasteiger partial charge in [0.1, 0.15) is 0 Å². The van der Waals surface area contributed by atoms with Crippen LogP contribution in [0, 0.1) is 0 Å². The summed E-state index contributed by atoms with van der Waals surface area (Å²) in [6.07, 6.45) is 0. The fourth-order valence-corrected chi connectivity index (χ4v) is 3.80. The molecule has 4 rings (SSSR count). The third-order valence-corrected chi connectivity index (χ3v) is 5.75. The zero-order valence-electron chi connectivity index (χ0n) is 14.7. The van der Waals surface area contributed by atoms with Crippen LogP contribution in [-0.2, 0) is 0 Å². The van der Waals surface area contributed by atoms with E-state index in [9.17, 15) is 0 Å². The normalized spacial score (nSPS) is 14.5. The molecule has 3 aromatic rings. The van der Waals surface area contributed by atoms with E-state index in [2.05, 4.69) is 14.7 Å². The molecule has 0 aromatic heterocycles. The first-order valence-corrected chi connectivity index (χ1v) is 10.2. The Morgan fingerprint density at radius 1 is 0.536 bits per heavy atom. The lowest BCUT2D eigenvalue weighted by Crippen LogP contribution is -2.58. The molecule has 28 heavy (non-hydrogen) atoms. The van der Waals surface area contributed by atoms with Crippen molar-refractivity contribution in [1.29, 1.82) is 0 Å². The van der Waals surface area contributed by atoms with E-state index >= 15 is 0 Å². The van der Waals surface area contributed by atoms with Gasteiger partial charge in [0, 0.05) is 32.1 Å². The molecule has 1 saturated heterocycles. The second-order valence-electron chi connectivity index (χ2n) is 6.39. The summed E-state index contributed by atoms with van der Waals surface area (Å²) in [5.41, 5.74) is 3.02. The number of halogens is 3. The Morgan fingerprint density at radius 3 is 1.21 bits per heavy atom. The third kappa shape index (κ3) is 4.06. The molecule has 0 atom stereocenters. The monoisotopic (exact) mass is 447 g/mol. The van der Waals surface area contributed by atoms with E-state index in [0.29, 0.717) is 28.4 Å². The molecule has 3 nitrogen and oxygen atoms in total. The first kappa shape index (κ1) is 19.3. The minimum absolute atomic E-state index is 0.617. The minimum atomic E-state index is 0.617. The SMILES string of the molecule is S=C1N(c2ccc(Cl)cc2)CN(c2ccc(Cl)cc2)CN1c1ccc(Cl)cc1. The van der Waals surface area contributed by atoms with Gasteiger partial charge in [-0.05, 0) is 85.0 Å². The summed E-state index contributed by atoms with van der Waals surface area (Å²) in [6.45, 7) is 1.23. The third-order valence-electron chi connectivity index (χ3n) is 4.55. The number of rotatable bonds is 3. The largest absolute Gasteiger partial charge is 0.335 e. The molecule has 142 valence electrons. The van der Waals surface area contributed by atoms with Gasteiger partial charge in [-0.2, -0.15) is 0 Å². The molecule has 0 amide bonds. The van der Waals surface area contributed by atoms with Gasteiger partial charge in [-0.1, -0.05) is 34.8 Å². The maximum absolute atomic E-state index is 6.07. The van der Waals surface area contributed by atoms with Crippen molar-refractivity contribution in [3.05, 3.63) is 87.9 Å². The van der Waals surface area contributed by atoms with Crippen molar-refractivity contribution in [2.45, 2.75) is 0 Å². The van der Waals surface area contributed by atoms with Gasteiger partial charge in [-0.15, -0.1) is 0 Å². The Hall–Kier alpha value is -1.98. The van der Waals surface area contributed by atoms with Crippen LogP contribution in [0.5, 0.6) is 0 Å². The van der Waals surface area contributed by atoms with E-state index in [4.69, 9.17) is 47.0 Å². The topological polar surface area (TPSA) is 9.72 Å². The van der Waals surface area contributed by atoms with Gasteiger partial charge < -0.3 is 14.7 Å². The number of hydrogen-bond donors (Lipinski definition) is 0. The molecule has 0 unspecified atom stereocenters. The zero-order chi connectivity index (χ0) is 19.7. The van der Waals surface area contributed by atoms with Gasteiger partial charge in [-0.3, -0.25) is 0 Å². The highest BCUT2D eigenvalue weighted by molar-refractivity contribution is 7.80. The molecule has 1 aliphatic rings. The standard InChI is InChI=1S/C21H16Cl3N3S/c22-15-1-7-18(8-2-15)25-13-26(19-9-3-16(23)4-10-19)21(28)27(14-25)20-11-5-17(24)6-12-20/h1-12H,13-14H2. The predicted molar refractivity (Wildman–Crippen MR) is 124 cm³/mol. The molecule has 1 aliphatic heterocycles. The molecule has 3 aromatic carbocycles. The van der Waals surface area contributed by atoms with Crippen LogP contribution in [0.2, 0.25) is 15.1 Å². The van der Waals surface area contributed by atoms with E-state index in [1.54, 1.807) is 0 Å². The minimum Gasteiger partial charge on any atom is -0.335 e. The van der Waals surface area contributed by atoms with Crippen molar-refractivity contribution in [3.63, 3.8) is 0 Å². The average Bonchev–Trinajstić information content (AvgIpc) is 2.70. The van der Waals surface area contributed by atoms with Crippen LogP contribution in [0.4, 0.5) is 17.1 Å². The Labute approximate surface area is 184 Å². The molecule has 1 fully saturated rings. The Balaban J connectivity index is 1.72. The molecule has 0 saturated carbocycles. The van der Waals surface area contributed by atoms with Crippen LogP contribution >= 0.6 is 47.0 Å². The average molecular weight is 449 g/mol. The van der Waals surface area contributed by atoms with Crippen LogP contribution in [-0.4, -0.2) is 18.4 Å². The molecule has 0 bridgehead atoms. The summed E-state index contributed by atoms with van der Waals surface area (Å²) in [7, 11) is 0. The summed E-state index contributed by atoms with van der Waals surface area (Å²) in [6, 6.07) is 23.2. The number of hydrogen-bond acceptors (Lipinski definition) is 2. The number of benzene rings is 3. The number of nitrogens with zero attached hydrogens (tertiary/aromatic N) is 3. The fraction of sp³-hybridized carbons (Fsp3) is 0.0952. The lowest BCUT2D eigenvalue weighted by atomic mass is 10.2. The van der Waals surface area contributed by atoms with E-state index in [1.807, 2.05) is 72.8 Å². The Bertz CT molecular complexity index is 918. The quantitative estimate of drug-likeness (QED) is 0.413. The van der Waals surface area contributed by atoms with E-state index in [0.717, 1.165) is 22.2 Å². The van der Waals surface area contributed by atoms with E-state index in [1.165, 1.54) is 0 Å². The molecular weight excluding hydrogens is 433 g/mol. The first-order valence-electron chi connectivity index (χ1n) is 8.62. The first-order chi connectivity index (χ1) is 13.5. The molecule has 0 N–H and O–H groups in total. The van der Waals surface area contributed by atoms with Crippen LogP contribution < -0.4 is 14.7 Å². The zero-order valence-corrected chi connectivity index (χ0v) is 17.8. The molecule has 0 radical (unpaired) electrons. The highest BCUT2D eigenvalue weighted by Crippen LogP contribution is 2.30. The summed E-state index contributed by atoms with van der Waals surface area (Å²) in [5.74, 6) is 0. The van der Waals surface area contributed by atoms with Gasteiger partial charge in [0.25, 0.3) is 0 Å². The molecular formula is C21H16Cl3N3S. The molecule has 1 heterocycles. The van der Waals surface area contributed by atoms with Crippen molar-refractivity contribution in [2.24, 2.45) is 0 Å². The van der Waals surface area contributed by atoms with Crippen LogP contribution in [0.1, 0.15) is 0 Å². The Kier molecular flexibility index (Phi) is 5.65. The smallest absolute Gasteiger partial charge is 0.183 e. The summed E-state index contributed by atoms with van der Waals surface area (Å²) in [4.78, 5) is 6.39. The molecule has 0 aliphatic carbocycles. The lowest BCUT2D eigenvalue weighted by Gasteiger charge is -2.45. The fourth-order valence-electron chi connectivity index (χ4n) is 3.09. The van der Waals surface area contributed by atoms with Crippen LogP contribution in [0.25, 0.3) is 0 Å². The number of thiocarbonyl (C=S) groups is 1. The van der Waals surface area contributed by atoms with Crippen molar-refractivity contribution in [3.8, 4) is 0 Å². The van der Waals surface area contributed by atoms with Gasteiger partial charge in [0.05, 0.1) is 13.3 Å². The lowest BCUT2D eigenvalue weighted by molar-refractivity contribution is 0.756. The van der Waals surface area contributed by atoms with Gasteiger partial charge in [0.2, 0.25) is 0 Å². The van der Waals surface area contributed by atoms with Crippen molar-refractivity contribution in [1.82, 2.24) is 0 Å².